The molecule has 0 amide bonds. The molecule has 1 fully saturated rings. The van der Waals surface area contributed by atoms with Gasteiger partial charge >= 0.3 is 0 Å². The molecule has 1 aromatic heterocycles. The van der Waals surface area contributed by atoms with Crippen LogP contribution in [0.4, 0.5) is 0 Å². The first-order valence-electron chi connectivity index (χ1n) is 7.92. The molecule has 0 aliphatic heterocycles. The van der Waals surface area contributed by atoms with Crippen LogP contribution in [-0.4, -0.2) is 35.5 Å². The van der Waals surface area contributed by atoms with Crippen LogP contribution in [0.25, 0.3) is 0 Å². The summed E-state index contributed by atoms with van der Waals surface area (Å²) in [7, 11) is 4.34. The van der Waals surface area contributed by atoms with Gasteiger partial charge in [0.2, 0.25) is 0 Å². The molecule has 0 aromatic carbocycles. The number of hydrogen-bond acceptors (Lipinski definition) is 4. The fourth-order valence-corrected chi connectivity index (χ4v) is 3.48. The van der Waals surface area contributed by atoms with Crippen LogP contribution in [0, 0.1) is 11.8 Å². The van der Waals surface area contributed by atoms with Gasteiger partial charge in [-0.1, -0.05) is 12.8 Å². The maximum atomic E-state index is 6.21. The fourth-order valence-electron chi connectivity index (χ4n) is 3.28. The molecule has 0 spiro atoms. The summed E-state index contributed by atoms with van der Waals surface area (Å²) in [5, 5.41) is 0. The summed E-state index contributed by atoms with van der Waals surface area (Å²) in [4.78, 5) is 10.9. The Balaban J connectivity index is 1.70. The van der Waals surface area contributed by atoms with Crippen molar-refractivity contribution in [3.8, 4) is 0 Å². The molecule has 118 valence electrons. The van der Waals surface area contributed by atoms with E-state index in [-0.39, 0.29) is 6.04 Å². The van der Waals surface area contributed by atoms with Gasteiger partial charge in [-0.3, -0.25) is 0 Å². The molecule has 2 rings (SSSR count). The minimum atomic E-state index is -0.0300. The molecule has 2 N–H and O–H groups in total. The molecule has 0 saturated heterocycles. The lowest BCUT2D eigenvalue weighted by atomic mass is 9.79. The van der Waals surface area contributed by atoms with Gasteiger partial charge in [-0.25, -0.2) is 9.97 Å². The van der Waals surface area contributed by atoms with Gasteiger partial charge in [0.05, 0.1) is 10.5 Å². The summed E-state index contributed by atoms with van der Waals surface area (Å²) in [5.41, 5.74) is 6.21. The highest BCUT2D eigenvalue weighted by molar-refractivity contribution is 9.10. The zero-order chi connectivity index (χ0) is 15.2. The molecular weight excluding hydrogens is 328 g/mol. The van der Waals surface area contributed by atoms with Crippen molar-refractivity contribution in [3.63, 3.8) is 0 Å². The van der Waals surface area contributed by atoms with E-state index in [1.807, 2.05) is 0 Å². The van der Waals surface area contributed by atoms with E-state index in [4.69, 9.17) is 5.73 Å². The van der Waals surface area contributed by atoms with E-state index in [9.17, 15) is 0 Å². The molecule has 1 aliphatic rings. The Bertz CT molecular complexity index is 413. The second-order valence-electron chi connectivity index (χ2n) is 6.59. The van der Waals surface area contributed by atoms with Crippen LogP contribution in [0.3, 0.4) is 0 Å². The zero-order valence-corrected chi connectivity index (χ0v) is 14.7. The maximum absolute atomic E-state index is 6.21. The zero-order valence-electron chi connectivity index (χ0n) is 13.1. The number of rotatable bonds is 6. The first-order chi connectivity index (χ1) is 10.0. The van der Waals surface area contributed by atoms with Crippen molar-refractivity contribution in [1.82, 2.24) is 14.9 Å². The largest absolute Gasteiger partial charge is 0.321 e. The highest BCUT2D eigenvalue weighted by Crippen LogP contribution is 2.33. The highest BCUT2D eigenvalue weighted by atomic mass is 79.9. The summed E-state index contributed by atoms with van der Waals surface area (Å²) in [6.07, 6.45) is 11.2. The standard InChI is InChI=1S/C16H27BrN4/c1-21(2)11-13-5-3-12(4-6-13)7-8-15(18)16-19-9-14(17)10-20-16/h9-10,12-13,15H,3-8,11,18H2,1-2H3. The van der Waals surface area contributed by atoms with Crippen LogP contribution in [0.15, 0.2) is 16.9 Å². The van der Waals surface area contributed by atoms with E-state index in [0.29, 0.717) is 0 Å². The number of nitrogens with zero attached hydrogens (tertiary/aromatic N) is 3. The Morgan fingerprint density at radius 2 is 1.76 bits per heavy atom. The first-order valence-corrected chi connectivity index (χ1v) is 8.71. The average molecular weight is 355 g/mol. The Hall–Kier alpha value is -0.520. The predicted octanol–water partition coefficient (Wildman–Crippen LogP) is 3.39. The van der Waals surface area contributed by atoms with Crippen LogP contribution in [0.2, 0.25) is 0 Å². The molecule has 5 heteroatoms. The van der Waals surface area contributed by atoms with Crippen molar-refractivity contribution in [1.29, 1.82) is 0 Å². The Kier molecular flexibility index (Phi) is 6.58. The van der Waals surface area contributed by atoms with E-state index < -0.39 is 0 Å². The molecule has 0 radical (unpaired) electrons. The molecule has 1 aromatic rings. The van der Waals surface area contributed by atoms with Gasteiger partial charge < -0.3 is 10.6 Å². The average Bonchev–Trinajstić information content (AvgIpc) is 2.46. The van der Waals surface area contributed by atoms with Crippen molar-refractivity contribution in [2.45, 2.75) is 44.6 Å². The van der Waals surface area contributed by atoms with Crippen molar-refractivity contribution in [3.05, 3.63) is 22.7 Å². The lowest BCUT2D eigenvalue weighted by Crippen LogP contribution is -2.26. The SMILES string of the molecule is CN(C)CC1CCC(CCC(N)c2ncc(Br)cn2)CC1. The lowest BCUT2D eigenvalue weighted by molar-refractivity contribution is 0.212. The van der Waals surface area contributed by atoms with Crippen LogP contribution in [0.1, 0.15) is 50.4 Å². The quantitative estimate of drug-likeness (QED) is 0.850. The maximum Gasteiger partial charge on any atom is 0.144 e. The van der Waals surface area contributed by atoms with Crippen LogP contribution >= 0.6 is 15.9 Å². The van der Waals surface area contributed by atoms with Gasteiger partial charge in [-0.15, -0.1) is 0 Å². The molecule has 0 bridgehead atoms. The van der Waals surface area contributed by atoms with Crippen molar-refractivity contribution >= 4 is 15.9 Å². The van der Waals surface area contributed by atoms with Gasteiger partial charge in [-0.2, -0.15) is 0 Å². The lowest BCUT2D eigenvalue weighted by Gasteiger charge is -2.30. The molecule has 1 unspecified atom stereocenters. The Morgan fingerprint density at radius 1 is 1.19 bits per heavy atom. The molecule has 21 heavy (non-hydrogen) atoms. The number of aromatic nitrogens is 2. The van der Waals surface area contributed by atoms with E-state index in [1.54, 1.807) is 12.4 Å². The monoisotopic (exact) mass is 354 g/mol. The smallest absolute Gasteiger partial charge is 0.144 e. The minimum absolute atomic E-state index is 0.0300. The van der Waals surface area contributed by atoms with Gasteiger partial charge in [-0.05, 0) is 67.5 Å². The van der Waals surface area contributed by atoms with E-state index in [2.05, 4.69) is 44.9 Å². The molecule has 4 nitrogen and oxygen atoms in total. The molecule has 1 heterocycles. The van der Waals surface area contributed by atoms with E-state index in [0.717, 1.165) is 28.6 Å². The Labute approximate surface area is 136 Å². The third-order valence-corrected chi connectivity index (χ3v) is 4.86. The summed E-state index contributed by atoms with van der Waals surface area (Å²) in [6.45, 7) is 1.24. The van der Waals surface area contributed by atoms with Crippen LogP contribution in [0.5, 0.6) is 0 Å². The molecule has 1 saturated carbocycles. The van der Waals surface area contributed by atoms with Crippen LogP contribution < -0.4 is 5.73 Å². The number of nitrogens with two attached hydrogens (primary N) is 1. The van der Waals surface area contributed by atoms with Crippen LogP contribution in [-0.2, 0) is 0 Å². The van der Waals surface area contributed by atoms with Crippen molar-refractivity contribution in [2.24, 2.45) is 17.6 Å². The fraction of sp³-hybridized carbons (Fsp3) is 0.750. The first kappa shape index (κ1) is 16.8. The highest BCUT2D eigenvalue weighted by Gasteiger charge is 2.22. The number of hydrogen-bond donors (Lipinski definition) is 1. The van der Waals surface area contributed by atoms with Crippen molar-refractivity contribution in [2.75, 3.05) is 20.6 Å². The summed E-state index contributed by atoms with van der Waals surface area (Å²) >= 11 is 3.35. The molecule has 1 atom stereocenters. The number of halogens is 1. The van der Waals surface area contributed by atoms with Crippen molar-refractivity contribution < 1.29 is 0 Å². The van der Waals surface area contributed by atoms with Gasteiger partial charge in [0.1, 0.15) is 5.82 Å². The third kappa shape index (κ3) is 5.64. The van der Waals surface area contributed by atoms with Gasteiger partial charge in [0.15, 0.2) is 0 Å². The summed E-state index contributed by atoms with van der Waals surface area (Å²) in [5.74, 6) is 2.49. The predicted molar refractivity (Wildman–Crippen MR) is 89.9 cm³/mol. The van der Waals surface area contributed by atoms with Gasteiger partial charge in [0, 0.05) is 18.9 Å². The van der Waals surface area contributed by atoms with E-state index in [1.165, 1.54) is 38.6 Å². The molecule has 1 aliphatic carbocycles. The minimum Gasteiger partial charge on any atom is -0.321 e. The van der Waals surface area contributed by atoms with E-state index >= 15 is 0 Å². The van der Waals surface area contributed by atoms with Gasteiger partial charge in [0.25, 0.3) is 0 Å². The normalized spacial score (nSPS) is 24.2. The Morgan fingerprint density at radius 3 is 2.33 bits per heavy atom. The molecular formula is C16H27BrN4. The second-order valence-corrected chi connectivity index (χ2v) is 7.51. The second kappa shape index (κ2) is 8.20. The summed E-state index contributed by atoms with van der Waals surface area (Å²) < 4.78 is 0.901. The third-order valence-electron chi connectivity index (χ3n) is 4.45. The topological polar surface area (TPSA) is 55.0 Å². The summed E-state index contributed by atoms with van der Waals surface area (Å²) in [6, 6.07) is -0.0300.